The van der Waals surface area contributed by atoms with E-state index in [1.807, 2.05) is 0 Å². The van der Waals surface area contributed by atoms with Gasteiger partial charge in [0.25, 0.3) is 0 Å². The van der Waals surface area contributed by atoms with Gasteiger partial charge in [0.2, 0.25) is 0 Å². The van der Waals surface area contributed by atoms with Gasteiger partial charge < -0.3 is 0 Å². The average Bonchev–Trinajstić information content (AvgIpc) is 2.39. The summed E-state index contributed by atoms with van der Waals surface area (Å²) in [4.78, 5) is 0. The molecule has 0 unspecified atom stereocenters. The topological polar surface area (TPSA) is 0 Å². The zero-order chi connectivity index (χ0) is 13.0. The van der Waals surface area contributed by atoms with Crippen molar-refractivity contribution in [3.05, 3.63) is 59.7 Å². The number of hydrogen-bond donors (Lipinski definition) is 0. The molecule has 0 aliphatic rings. The van der Waals surface area contributed by atoms with E-state index in [1.165, 1.54) is 21.5 Å². The summed E-state index contributed by atoms with van der Waals surface area (Å²) in [6.07, 6.45) is 1.13. The summed E-state index contributed by atoms with van der Waals surface area (Å²) < 4.78 is 0. The van der Waals surface area contributed by atoms with E-state index in [4.69, 9.17) is 0 Å². The molecule has 18 heavy (non-hydrogen) atoms. The maximum absolute atomic E-state index is 2.49. The first kappa shape index (κ1) is 13.0. The van der Waals surface area contributed by atoms with Crippen molar-refractivity contribution < 1.29 is 0 Å². The smallest absolute Gasteiger partial charge is 0.0759 e. The maximum atomic E-state index is 2.49. The molecule has 0 nitrogen and oxygen atoms in total. The molecule has 0 fully saturated rings. The van der Waals surface area contributed by atoms with Crippen molar-refractivity contribution in [2.75, 3.05) is 0 Å². The molecular weight excluding hydrogens is 232 g/mol. The first-order chi connectivity index (χ1) is 8.70. The third-order valence-corrected chi connectivity index (χ3v) is 5.86. The molecule has 0 amide bonds. The Morgan fingerprint density at radius 3 is 1.50 bits per heavy atom. The zero-order valence-corrected chi connectivity index (χ0v) is 12.4. The van der Waals surface area contributed by atoms with E-state index < -0.39 is 8.41 Å². The van der Waals surface area contributed by atoms with Crippen molar-refractivity contribution in [1.82, 2.24) is 0 Å². The number of rotatable bonds is 3. The monoisotopic (exact) mass is 252 g/mol. The third kappa shape index (κ3) is 3.05. The molecule has 0 N–H and O–H groups in total. The molecule has 2 aromatic carbocycles. The van der Waals surface area contributed by atoms with Crippen LogP contribution in [0.25, 0.3) is 0 Å². The molecule has 92 valence electrons. The van der Waals surface area contributed by atoms with E-state index in [2.05, 4.69) is 75.0 Å². The van der Waals surface area contributed by atoms with Crippen LogP contribution in [0.15, 0.2) is 48.5 Å². The highest BCUT2D eigenvalue weighted by molar-refractivity contribution is 6.88. The highest BCUT2D eigenvalue weighted by atomic mass is 28.2. The lowest BCUT2D eigenvalue weighted by Crippen LogP contribution is -2.36. The van der Waals surface area contributed by atoms with Crippen molar-refractivity contribution in [2.45, 2.75) is 27.2 Å². The van der Waals surface area contributed by atoms with Crippen LogP contribution in [0, 0.1) is 13.8 Å². The molecule has 1 heteroatoms. The standard InChI is InChI=1S/C17H20Si/c1-4-13-18(16-9-5-14(2)6-10-16)17-11-7-15(3)8-12-17/h5-13H,4H2,1-3H3. The normalized spacial score (nSPS) is 10.2. The summed E-state index contributed by atoms with van der Waals surface area (Å²) in [7, 11) is -0.709. The summed E-state index contributed by atoms with van der Waals surface area (Å²) in [5.74, 6) is 0. The first-order valence-electron chi connectivity index (χ1n) is 6.55. The number of aryl methyl sites for hydroxylation is 2. The van der Waals surface area contributed by atoms with Crippen LogP contribution in [0.4, 0.5) is 0 Å². The zero-order valence-electron chi connectivity index (χ0n) is 11.4. The second-order valence-corrected chi connectivity index (χ2v) is 7.15. The predicted molar refractivity (Wildman–Crippen MR) is 83.7 cm³/mol. The summed E-state index contributed by atoms with van der Waals surface area (Å²) in [6, 6.07) is 18.0. The van der Waals surface area contributed by atoms with Crippen molar-refractivity contribution in [3.63, 3.8) is 0 Å². The second-order valence-electron chi connectivity index (χ2n) is 4.76. The van der Waals surface area contributed by atoms with Gasteiger partial charge in [-0.3, -0.25) is 0 Å². The van der Waals surface area contributed by atoms with Gasteiger partial charge in [0, 0.05) is 0 Å². The van der Waals surface area contributed by atoms with Crippen molar-refractivity contribution in [1.29, 1.82) is 0 Å². The minimum absolute atomic E-state index is 0.709. The Balaban J connectivity index is 2.43. The summed E-state index contributed by atoms with van der Waals surface area (Å²) in [5, 5.41) is 2.97. The Morgan fingerprint density at radius 1 is 0.778 bits per heavy atom. The largest absolute Gasteiger partial charge is 0.0956 e. The van der Waals surface area contributed by atoms with Gasteiger partial charge in [-0.1, -0.05) is 72.3 Å². The molecule has 0 saturated carbocycles. The Morgan fingerprint density at radius 2 is 1.17 bits per heavy atom. The lowest BCUT2D eigenvalue weighted by Gasteiger charge is -2.08. The van der Waals surface area contributed by atoms with Crippen LogP contribution >= 0.6 is 0 Å². The molecule has 0 aliphatic heterocycles. The van der Waals surface area contributed by atoms with Gasteiger partial charge in [-0.2, -0.15) is 0 Å². The summed E-state index contributed by atoms with van der Waals surface area (Å²) in [6.45, 7) is 6.52. The lowest BCUT2D eigenvalue weighted by atomic mass is 10.2. The molecule has 2 rings (SSSR count). The number of hydrogen-bond acceptors (Lipinski definition) is 0. The van der Waals surface area contributed by atoms with Gasteiger partial charge in [-0.05, 0) is 30.6 Å². The fourth-order valence-corrected chi connectivity index (χ4v) is 4.34. The van der Waals surface area contributed by atoms with Crippen LogP contribution in [0.3, 0.4) is 0 Å². The van der Waals surface area contributed by atoms with Gasteiger partial charge in [-0.25, -0.2) is 0 Å². The molecular formula is C17H20Si. The minimum Gasteiger partial charge on any atom is -0.0956 e. The van der Waals surface area contributed by atoms with Crippen molar-refractivity contribution in [3.8, 4) is 0 Å². The summed E-state index contributed by atoms with van der Waals surface area (Å²) in [5.41, 5.74) is 5.15. The molecule has 0 spiro atoms. The SMILES string of the molecule is CCC=[Si](c1ccc(C)cc1)c1ccc(C)cc1. The molecule has 0 atom stereocenters. The van der Waals surface area contributed by atoms with E-state index in [0.717, 1.165) is 6.42 Å². The van der Waals surface area contributed by atoms with Crippen LogP contribution in [-0.4, -0.2) is 14.1 Å². The lowest BCUT2D eigenvalue weighted by molar-refractivity contribution is 1.35. The highest BCUT2D eigenvalue weighted by Gasteiger charge is 2.05. The molecule has 0 aliphatic carbocycles. The highest BCUT2D eigenvalue weighted by Crippen LogP contribution is 1.96. The Hall–Kier alpha value is -1.47. The predicted octanol–water partition coefficient (Wildman–Crippen LogP) is 2.71. The van der Waals surface area contributed by atoms with Crippen molar-refractivity contribution >= 4 is 24.5 Å². The first-order valence-corrected chi connectivity index (χ1v) is 8.12. The third-order valence-electron chi connectivity index (χ3n) is 3.13. The molecule has 0 bridgehead atoms. The van der Waals surface area contributed by atoms with Crippen LogP contribution in [-0.2, 0) is 0 Å². The molecule has 2 aromatic rings. The Bertz CT molecular complexity index is 485. The van der Waals surface area contributed by atoms with Crippen LogP contribution < -0.4 is 10.4 Å². The summed E-state index contributed by atoms with van der Waals surface area (Å²) >= 11 is 0. The maximum Gasteiger partial charge on any atom is 0.0759 e. The van der Waals surface area contributed by atoms with Crippen LogP contribution in [0.5, 0.6) is 0 Å². The fourth-order valence-electron chi connectivity index (χ4n) is 2.07. The van der Waals surface area contributed by atoms with Gasteiger partial charge in [0.05, 0.1) is 8.41 Å². The minimum atomic E-state index is -0.709. The Kier molecular flexibility index (Phi) is 4.27. The van der Waals surface area contributed by atoms with E-state index in [1.54, 1.807) is 0 Å². The average molecular weight is 252 g/mol. The fraction of sp³-hybridized carbons (Fsp3) is 0.235. The van der Waals surface area contributed by atoms with Crippen LogP contribution in [0.2, 0.25) is 0 Å². The van der Waals surface area contributed by atoms with Gasteiger partial charge in [-0.15, -0.1) is 0 Å². The van der Waals surface area contributed by atoms with Gasteiger partial charge in [0.15, 0.2) is 0 Å². The Labute approximate surface area is 112 Å². The van der Waals surface area contributed by atoms with Gasteiger partial charge >= 0.3 is 0 Å². The van der Waals surface area contributed by atoms with E-state index >= 15 is 0 Å². The quantitative estimate of drug-likeness (QED) is 0.737. The van der Waals surface area contributed by atoms with Gasteiger partial charge in [0.1, 0.15) is 0 Å². The molecule has 0 radical (unpaired) electrons. The van der Waals surface area contributed by atoms with Crippen LogP contribution in [0.1, 0.15) is 24.5 Å². The van der Waals surface area contributed by atoms with E-state index in [0.29, 0.717) is 0 Å². The van der Waals surface area contributed by atoms with Crippen molar-refractivity contribution in [2.24, 2.45) is 0 Å². The number of benzene rings is 2. The second kappa shape index (κ2) is 5.92. The molecule has 0 saturated heterocycles. The van der Waals surface area contributed by atoms with E-state index in [9.17, 15) is 0 Å². The molecule has 0 heterocycles. The van der Waals surface area contributed by atoms with E-state index in [-0.39, 0.29) is 0 Å². The molecule has 0 aromatic heterocycles.